The number of rotatable bonds is 3. The Morgan fingerprint density at radius 1 is 1.56 bits per heavy atom. The van der Waals surface area contributed by atoms with E-state index in [-0.39, 0.29) is 0 Å². The van der Waals surface area contributed by atoms with Crippen LogP contribution in [0.25, 0.3) is 10.6 Å². The summed E-state index contributed by atoms with van der Waals surface area (Å²) in [5, 5.41) is 7.12. The zero-order valence-electron chi connectivity index (χ0n) is 9.30. The van der Waals surface area contributed by atoms with Gasteiger partial charge in [0.15, 0.2) is 0 Å². The van der Waals surface area contributed by atoms with Crippen molar-refractivity contribution < 1.29 is 0 Å². The minimum atomic E-state index is 0.624. The van der Waals surface area contributed by atoms with Crippen molar-refractivity contribution >= 4 is 33.1 Å². The van der Waals surface area contributed by atoms with Gasteiger partial charge in [0, 0.05) is 5.56 Å². The maximum Gasteiger partial charge on any atom is 0.149 e. The number of hydrogen-bond acceptors (Lipinski definition) is 3. The van der Waals surface area contributed by atoms with Gasteiger partial charge in [0.1, 0.15) is 5.82 Å². The van der Waals surface area contributed by atoms with Crippen molar-refractivity contribution in [2.24, 2.45) is 0 Å². The first kappa shape index (κ1) is 11.7. The Morgan fingerprint density at radius 2 is 2.31 bits per heavy atom. The van der Waals surface area contributed by atoms with Crippen LogP contribution < -0.4 is 5.73 Å². The predicted molar refractivity (Wildman–Crippen MR) is 72.7 cm³/mol. The lowest BCUT2D eigenvalue weighted by atomic mass is 10.1. The average molecular weight is 300 g/mol. The third-order valence-corrected chi connectivity index (χ3v) is 4.66. The minimum Gasteiger partial charge on any atom is -0.382 e. The number of aromatic amines is 1. The molecule has 0 saturated heterocycles. The van der Waals surface area contributed by atoms with Gasteiger partial charge >= 0.3 is 0 Å². The number of anilines is 1. The lowest BCUT2D eigenvalue weighted by molar-refractivity contribution is 0.927. The molecule has 3 N–H and O–H groups in total. The van der Waals surface area contributed by atoms with Gasteiger partial charge in [-0.25, -0.2) is 0 Å². The van der Waals surface area contributed by atoms with Gasteiger partial charge in [0.2, 0.25) is 0 Å². The van der Waals surface area contributed by atoms with Gasteiger partial charge in [0.05, 0.1) is 14.4 Å². The second-order valence-corrected chi connectivity index (χ2v) is 6.15. The zero-order valence-corrected chi connectivity index (χ0v) is 11.7. The molecule has 0 unspecified atom stereocenters. The van der Waals surface area contributed by atoms with Crippen molar-refractivity contribution in [3.8, 4) is 10.6 Å². The van der Waals surface area contributed by atoms with Crippen LogP contribution in [-0.4, -0.2) is 10.2 Å². The molecule has 5 heteroatoms. The van der Waals surface area contributed by atoms with Crippen molar-refractivity contribution in [3.63, 3.8) is 0 Å². The molecule has 0 bridgehead atoms. The van der Waals surface area contributed by atoms with Gasteiger partial charge in [-0.05, 0) is 40.9 Å². The van der Waals surface area contributed by atoms with Crippen LogP contribution in [0.3, 0.4) is 0 Å². The Morgan fingerprint density at radius 3 is 2.88 bits per heavy atom. The second-order valence-electron chi connectivity index (χ2n) is 3.78. The molecule has 0 aliphatic heterocycles. The van der Waals surface area contributed by atoms with Crippen molar-refractivity contribution in [1.82, 2.24) is 10.2 Å². The first-order valence-corrected chi connectivity index (χ1v) is 6.83. The fraction of sp³-hybridized carbons (Fsp3) is 0.364. The number of halogens is 1. The van der Waals surface area contributed by atoms with Crippen LogP contribution >= 0.6 is 27.3 Å². The highest BCUT2D eigenvalue weighted by Crippen LogP contribution is 2.36. The highest BCUT2D eigenvalue weighted by molar-refractivity contribution is 9.11. The van der Waals surface area contributed by atoms with Crippen LogP contribution in [0.15, 0.2) is 9.85 Å². The summed E-state index contributed by atoms with van der Waals surface area (Å²) in [5.41, 5.74) is 9.31. The fourth-order valence-electron chi connectivity index (χ4n) is 1.67. The van der Waals surface area contributed by atoms with Crippen LogP contribution in [0.4, 0.5) is 5.82 Å². The quantitative estimate of drug-likeness (QED) is 0.907. The largest absolute Gasteiger partial charge is 0.382 e. The molecular formula is C11H14BrN3S. The summed E-state index contributed by atoms with van der Waals surface area (Å²) in [6, 6.07) is 2.15. The lowest BCUT2D eigenvalue weighted by Crippen LogP contribution is -1.91. The average Bonchev–Trinajstić information content (AvgIpc) is 2.74. The molecule has 0 aliphatic carbocycles. The number of hydrogen-bond donors (Lipinski definition) is 2. The minimum absolute atomic E-state index is 0.624. The van der Waals surface area contributed by atoms with Crippen molar-refractivity contribution in [2.75, 3.05) is 5.73 Å². The molecule has 0 aliphatic rings. The van der Waals surface area contributed by atoms with Gasteiger partial charge in [-0.3, -0.25) is 5.10 Å². The van der Waals surface area contributed by atoms with Gasteiger partial charge in [-0.15, -0.1) is 11.3 Å². The molecule has 0 saturated carbocycles. The Kier molecular flexibility index (Phi) is 3.35. The second kappa shape index (κ2) is 4.59. The molecule has 2 rings (SSSR count). The van der Waals surface area contributed by atoms with Gasteiger partial charge in [0.25, 0.3) is 0 Å². The van der Waals surface area contributed by atoms with E-state index in [0.29, 0.717) is 5.82 Å². The van der Waals surface area contributed by atoms with Crippen LogP contribution in [-0.2, 0) is 6.42 Å². The van der Waals surface area contributed by atoms with E-state index >= 15 is 0 Å². The Hall–Kier alpha value is -0.810. The molecule has 0 fully saturated rings. The summed E-state index contributed by atoms with van der Waals surface area (Å²) in [7, 11) is 0. The monoisotopic (exact) mass is 299 g/mol. The number of aromatic nitrogens is 2. The molecule has 16 heavy (non-hydrogen) atoms. The molecule has 2 heterocycles. The molecule has 0 aromatic carbocycles. The smallest absolute Gasteiger partial charge is 0.149 e. The zero-order chi connectivity index (χ0) is 11.7. The van der Waals surface area contributed by atoms with Crippen molar-refractivity contribution in [3.05, 3.63) is 21.0 Å². The molecule has 86 valence electrons. The number of H-pyrrole nitrogens is 1. The number of aryl methyl sites for hydroxylation is 1. The van der Waals surface area contributed by atoms with Crippen LogP contribution in [0.2, 0.25) is 0 Å². The first-order valence-electron chi connectivity index (χ1n) is 5.22. The maximum absolute atomic E-state index is 5.86. The Labute approximate surface area is 107 Å². The predicted octanol–water partition coefficient (Wildman–Crippen LogP) is 3.74. The molecule has 2 aromatic rings. The molecule has 0 atom stereocenters. The van der Waals surface area contributed by atoms with Gasteiger partial charge in [-0.1, -0.05) is 13.3 Å². The number of nitrogens with one attached hydrogen (secondary N) is 1. The highest BCUT2D eigenvalue weighted by atomic mass is 79.9. The van der Waals surface area contributed by atoms with E-state index in [4.69, 9.17) is 5.73 Å². The Balaban J connectivity index is 2.47. The number of nitrogen functional groups attached to an aromatic ring is 1. The molecular weight excluding hydrogens is 286 g/mol. The van der Waals surface area contributed by atoms with E-state index in [1.54, 1.807) is 11.3 Å². The lowest BCUT2D eigenvalue weighted by Gasteiger charge is -1.99. The summed E-state index contributed by atoms with van der Waals surface area (Å²) in [5.74, 6) is 0.624. The topological polar surface area (TPSA) is 54.7 Å². The molecule has 0 radical (unpaired) electrons. The van der Waals surface area contributed by atoms with Crippen molar-refractivity contribution in [1.29, 1.82) is 0 Å². The third-order valence-electron chi connectivity index (χ3n) is 2.50. The normalized spacial score (nSPS) is 10.9. The first-order chi connectivity index (χ1) is 7.63. The van der Waals surface area contributed by atoms with E-state index in [1.807, 2.05) is 0 Å². The van der Waals surface area contributed by atoms with Gasteiger partial charge < -0.3 is 5.73 Å². The van der Waals surface area contributed by atoms with E-state index in [0.717, 1.165) is 27.9 Å². The van der Waals surface area contributed by atoms with E-state index in [9.17, 15) is 0 Å². The summed E-state index contributed by atoms with van der Waals surface area (Å²) in [6.07, 6.45) is 2.04. The molecule has 0 amide bonds. The summed E-state index contributed by atoms with van der Waals surface area (Å²) in [4.78, 5) is 1.19. The maximum atomic E-state index is 5.86. The SMILES string of the molecule is CCCc1c(N)n[nH]c1-c1cc(C)c(Br)s1. The van der Waals surface area contributed by atoms with Crippen LogP contribution in [0.1, 0.15) is 24.5 Å². The third kappa shape index (κ3) is 2.01. The fourth-order valence-corrected chi connectivity index (χ4v) is 3.23. The van der Waals surface area contributed by atoms with E-state index < -0.39 is 0 Å². The molecule has 3 nitrogen and oxygen atoms in total. The van der Waals surface area contributed by atoms with Crippen molar-refractivity contribution in [2.45, 2.75) is 26.7 Å². The summed E-state index contributed by atoms with van der Waals surface area (Å²) >= 11 is 5.25. The summed E-state index contributed by atoms with van der Waals surface area (Å²) in [6.45, 7) is 4.23. The highest BCUT2D eigenvalue weighted by Gasteiger charge is 2.14. The van der Waals surface area contributed by atoms with Crippen LogP contribution in [0, 0.1) is 6.92 Å². The van der Waals surface area contributed by atoms with E-state index in [2.05, 4.69) is 46.0 Å². The summed E-state index contributed by atoms with van der Waals surface area (Å²) < 4.78 is 1.16. The van der Waals surface area contributed by atoms with Gasteiger partial charge in [-0.2, -0.15) is 5.10 Å². The van der Waals surface area contributed by atoms with Crippen LogP contribution in [0.5, 0.6) is 0 Å². The molecule has 2 aromatic heterocycles. The number of nitrogens with two attached hydrogens (primary N) is 1. The van der Waals surface area contributed by atoms with E-state index in [1.165, 1.54) is 10.4 Å². The molecule has 0 spiro atoms. The standard InChI is InChI=1S/C11H14BrN3S/c1-3-4-7-9(14-15-11(7)13)8-5-6(2)10(12)16-8/h5H,3-4H2,1-2H3,(H3,13,14,15). The number of nitrogens with zero attached hydrogens (tertiary/aromatic N) is 1. The number of thiophene rings is 1. The Bertz CT molecular complexity index is 482.